The van der Waals surface area contributed by atoms with Crippen LogP contribution in [-0.4, -0.2) is 12.2 Å². The third-order valence-electron chi connectivity index (χ3n) is 2.38. The van der Waals surface area contributed by atoms with Crippen molar-refractivity contribution in [1.82, 2.24) is 0 Å². The minimum Gasteiger partial charge on any atom is -0.425 e. The summed E-state index contributed by atoms with van der Waals surface area (Å²) >= 11 is 1.53. The Labute approximate surface area is 87.6 Å². The lowest BCUT2D eigenvalue weighted by Gasteiger charge is -2.05. The summed E-state index contributed by atoms with van der Waals surface area (Å²) in [5, 5.41) is -0.136. The van der Waals surface area contributed by atoms with Crippen molar-refractivity contribution < 1.29 is 9.53 Å². The van der Waals surface area contributed by atoms with Crippen molar-refractivity contribution in [2.75, 3.05) is 6.26 Å². The quantitative estimate of drug-likeness (QED) is 0.524. The van der Waals surface area contributed by atoms with Gasteiger partial charge in [-0.3, -0.25) is 4.79 Å². The Morgan fingerprint density at radius 1 is 1.36 bits per heavy atom. The van der Waals surface area contributed by atoms with E-state index >= 15 is 0 Å². The van der Waals surface area contributed by atoms with E-state index in [0.29, 0.717) is 0 Å². The molecule has 14 heavy (non-hydrogen) atoms. The van der Waals surface area contributed by atoms with Gasteiger partial charge in [0.25, 0.3) is 0 Å². The van der Waals surface area contributed by atoms with Gasteiger partial charge in [-0.25, -0.2) is 0 Å². The number of ether oxygens (including phenoxy) is 1. The number of hydrogen-bond acceptors (Lipinski definition) is 3. The molecule has 2 nitrogen and oxygen atoms in total. The van der Waals surface area contributed by atoms with E-state index in [4.69, 9.17) is 4.74 Å². The van der Waals surface area contributed by atoms with Gasteiger partial charge in [0.2, 0.25) is 0 Å². The van der Waals surface area contributed by atoms with Crippen molar-refractivity contribution >= 4 is 17.7 Å². The molecular formula is C11H12O2S. The van der Waals surface area contributed by atoms with Crippen LogP contribution < -0.4 is 4.74 Å². The number of thioether (sulfide) groups is 1. The first-order valence-corrected chi connectivity index (χ1v) is 5.78. The molecule has 1 aliphatic rings. The number of aryl methyl sites for hydroxylation is 2. The Hall–Kier alpha value is -0.960. The van der Waals surface area contributed by atoms with Crippen molar-refractivity contribution in [3.8, 4) is 5.75 Å². The molecule has 0 bridgehead atoms. The van der Waals surface area contributed by atoms with E-state index in [9.17, 15) is 4.79 Å². The maximum atomic E-state index is 11.5. The number of carbonyl (C=O) groups excluding carboxylic acids is 1. The van der Waals surface area contributed by atoms with Crippen LogP contribution in [0.3, 0.4) is 0 Å². The molecule has 1 heterocycles. The molecule has 0 aromatic heterocycles. The number of benzene rings is 1. The number of hydrogen-bond donors (Lipinski definition) is 0. The topological polar surface area (TPSA) is 26.3 Å². The fraction of sp³-hybridized carbons (Fsp3) is 0.364. The van der Waals surface area contributed by atoms with Gasteiger partial charge in [-0.15, -0.1) is 11.8 Å². The second-order valence-electron chi connectivity index (χ2n) is 3.54. The van der Waals surface area contributed by atoms with Gasteiger partial charge in [0.05, 0.1) is 0 Å². The molecule has 74 valence electrons. The first-order valence-electron chi connectivity index (χ1n) is 4.49. The van der Waals surface area contributed by atoms with Crippen molar-refractivity contribution in [3.63, 3.8) is 0 Å². The lowest BCUT2D eigenvalue weighted by molar-refractivity contribution is -0.132. The van der Waals surface area contributed by atoms with E-state index in [-0.39, 0.29) is 11.2 Å². The van der Waals surface area contributed by atoms with Gasteiger partial charge in [0.1, 0.15) is 11.0 Å². The standard InChI is InChI=1S/C11H12O2S/c1-6-4-7(2)9-8(5-6)10(14-3)11(12)13-9/h4-5,10H,1-3H3. The van der Waals surface area contributed by atoms with Gasteiger partial charge < -0.3 is 4.74 Å². The van der Waals surface area contributed by atoms with Crippen molar-refractivity contribution in [2.45, 2.75) is 19.1 Å². The lowest BCUT2D eigenvalue weighted by atomic mass is 10.0. The van der Waals surface area contributed by atoms with Crippen LogP contribution in [0.15, 0.2) is 12.1 Å². The highest BCUT2D eigenvalue weighted by Gasteiger charge is 2.33. The second-order valence-corrected chi connectivity index (χ2v) is 4.48. The van der Waals surface area contributed by atoms with Gasteiger partial charge in [-0.2, -0.15) is 0 Å². The average molecular weight is 208 g/mol. The van der Waals surface area contributed by atoms with E-state index in [0.717, 1.165) is 16.9 Å². The molecule has 0 spiro atoms. The van der Waals surface area contributed by atoms with Crippen LogP contribution in [0.25, 0.3) is 0 Å². The van der Waals surface area contributed by atoms with Gasteiger partial charge in [-0.1, -0.05) is 17.7 Å². The molecule has 1 aromatic rings. The average Bonchev–Trinajstić information content (AvgIpc) is 2.41. The van der Waals surface area contributed by atoms with Crippen LogP contribution in [0.2, 0.25) is 0 Å². The predicted molar refractivity (Wildman–Crippen MR) is 57.8 cm³/mol. The van der Waals surface area contributed by atoms with Crippen LogP contribution in [0, 0.1) is 13.8 Å². The Morgan fingerprint density at radius 3 is 2.71 bits per heavy atom. The molecule has 1 aliphatic heterocycles. The molecule has 0 N–H and O–H groups in total. The summed E-state index contributed by atoms with van der Waals surface area (Å²) in [6, 6.07) is 4.07. The monoisotopic (exact) mass is 208 g/mol. The zero-order valence-electron chi connectivity index (χ0n) is 8.46. The van der Waals surface area contributed by atoms with Crippen LogP contribution in [0.5, 0.6) is 5.75 Å². The Balaban J connectivity index is 2.58. The number of esters is 1. The van der Waals surface area contributed by atoms with Crippen molar-refractivity contribution in [2.24, 2.45) is 0 Å². The van der Waals surface area contributed by atoms with Gasteiger partial charge in [0, 0.05) is 5.56 Å². The lowest BCUT2D eigenvalue weighted by Crippen LogP contribution is -2.06. The summed E-state index contributed by atoms with van der Waals surface area (Å²) in [6.07, 6.45) is 1.93. The Morgan fingerprint density at radius 2 is 2.07 bits per heavy atom. The molecule has 1 aromatic carbocycles. The SMILES string of the molecule is CSC1C(=O)Oc2c(C)cc(C)cc21. The van der Waals surface area contributed by atoms with Gasteiger partial charge in [-0.05, 0) is 25.7 Å². The third kappa shape index (κ3) is 1.32. The van der Waals surface area contributed by atoms with Crippen LogP contribution in [-0.2, 0) is 4.79 Å². The molecule has 1 atom stereocenters. The highest BCUT2D eigenvalue weighted by molar-refractivity contribution is 7.99. The summed E-state index contributed by atoms with van der Waals surface area (Å²) in [6.45, 7) is 4.01. The minimum atomic E-state index is -0.138. The molecule has 3 heteroatoms. The predicted octanol–water partition coefficient (Wildman–Crippen LogP) is 2.63. The zero-order chi connectivity index (χ0) is 10.3. The maximum absolute atomic E-state index is 11.5. The Bertz CT molecular complexity index is 399. The van der Waals surface area contributed by atoms with Crippen molar-refractivity contribution in [3.05, 3.63) is 28.8 Å². The minimum absolute atomic E-state index is 0.136. The molecule has 0 aliphatic carbocycles. The molecule has 0 saturated heterocycles. The molecule has 0 saturated carbocycles. The van der Waals surface area contributed by atoms with Gasteiger partial charge >= 0.3 is 5.97 Å². The van der Waals surface area contributed by atoms with E-state index in [1.165, 1.54) is 17.3 Å². The first-order chi connectivity index (χ1) is 6.63. The summed E-state index contributed by atoms with van der Waals surface area (Å²) in [4.78, 5) is 11.5. The normalized spacial score (nSPS) is 19.4. The van der Waals surface area contributed by atoms with Crippen LogP contribution in [0.4, 0.5) is 0 Å². The summed E-state index contributed by atoms with van der Waals surface area (Å²) in [5.41, 5.74) is 3.25. The van der Waals surface area contributed by atoms with E-state index in [2.05, 4.69) is 0 Å². The molecule has 0 amide bonds. The zero-order valence-corrected chi connectivity index (χ0v) is 9.27. The molecule has 0 fully saturated rings. The second kappa shape index (κ2) is 3.31. The number of carbonyl (C=O) groups is 1. The highest BCUT2D eigenvalue weighted by atomic mass is 32.2. The largest absolute Gasteiger partial charge is 0.425 e. The smallest absolute Gasteiger partial charge is 0.329 e. The third-order valence-corrected chi connectivity index (χ3v) is 3.30. The van der Waals surface area contributed by atoms with Crippen LogP contribution >= 0.6 is 11.8 Å². The summed E-state index contributed by atoms with van der Waals surface area (Å²) in [5.74, 6) is 0.626. The molecular weight excluding hydrogens is 196 g/mol. The summed E-state index contributed by atoms with van der Waals surface area (Å²) in [7, 11) is 0. The maximum Gasteiger partial charge on any atom is 0.329 e. The van der Waals surface area contributed by atoms with Gasteiger partial charge in [0.15, 0.2) is 0 Å². The molecule has 2 rings (SSSR count). The fourth-order valence-electron chi connectivity index (χ4n) is 1.83. The Kier molecular flexibility index (Phi) is 2.27. The fourth-order valence-corrected chi connectivity index (χ4v) is 2.50. The molecule has 0 radical (unpaired) electrons. The van der Waals surface area contributed by atoms with E-state index < -0.39 is 0 Å². The van der Waals surface area contributed by atoms with E-state index in [1.54, 1.807) is 0 Å². The number of rotatable bonds is 1. The summed E-state index contributed by atoms with van der Waals surface area (Å²) < 4.78 is 5.24. The highest BCUT2D eigenvalue weighted by Crippen LogP contribution is 2.42. The molecule has 1 unspecified atom stereocenters. The van der Waals surface area contributed by atoms with Crippen LogP contribution in [0.1, 0.15) is 21.9 Å². The van der Waals surface area contributed by atoms with E-state index in [1.807, 2.05) is 32.2 Å². The number of fused-ring (bicyclic) bond motifs is 1. The first kappa shape index (κ1) is 9.59. The van der Waals surface area contributed by atoms with Crippen molar-refractivity contribution in [1.29, 1.82) is 0 Å².